The van der Waals surface area contributed by atoms with Gasteiger partial charge in [0.1, 0.15) is 5.75 Å². The largest absolute Gasteiger partial charge is 0.493 e. The summed E-state index contributed by atoms with van der Waals surface area (Å²) in [4.78, 5) is 35.4. The van der Waals surface area contributed by atoms with Gasteiger partial charge in [0.25, 0.3) is 5.69 Å². The highest BCUT2D eigenvalue weighted by molar-refractivity contribution is 6.07. The number of nitrogens with zero attached hydrogens (tertiary/aromatic N) is 1. The first-order valence-corrected chi connectivity index (χ1v) is 9.95. The van der Waals surface area contributed by atoms with Crippen LogP contribution in [-0.2, 0) is 0 Å². The number of hydrogen-bond acceptors (Lipinski definition) is 8. The van der Waals surface area contributed by atoms with E-state index < -0.39 is 10.9 Å². The quantitative estimate of drug-likeness (QED) is 0.112. The molecule has 34 heavy (non-hydrogen) atoms. The van der Waals surface area contributed by atoms with E-state index in [1.807, 2.05) is 0 Å². The smallest absolute Gasteiger partial charge is 0.343 e. The molecule has 9 heteroatoms. The molecular weight excluding hydrogens is 442 g/mol. The molecule has 0 spiro atoms. The van der Waals surface area contributed by atoms with Crippen molar-refractivity contribution >= 4 is 23.5 Å². The monoisotopic (exact) mass is 463 g/mol. The molecule has 0 aliphatic heterocycles. The Kier molecular flexibility index (Phi) is 7.60. The Morgan fingerprint density at radius 2 is 1.50 bits per heavy atom. The number of ketones is 1. The summed E-state index contributed by atoms with van der Waals surface area (Å²) < 4.78 is 21.1. The van der Waals surface area contributed by atoms with Gasteiger partial charge < -0.3 is 18.9 Å². The molecule has 9 nitrogen and oxygen atoms in total. The zero-order chi connectivity index (χ0) is 24.7. The van der Waals surface area contributed by atoms with E-state index >= 15 is 0 Å². The van der Waals surface area contributed by atoms with Crippen LogP contribution in [0.2, 0.25) is 0 Å². The van der Waals surface area contributed by atoms with E-state index in [4.69, 9.17) is 18.9 Å². The fourth-order valence-electron chi connectivity index (χ4n) is 3.06. The van der Waals surface area contributed by atoms with Gasteiger partial charge in [0.15, 0.2) is 17.3 Å². The lowest BCUT2D eigenvalue weighted by atomic mass is 10.1. The number of nitro benzene ring substituents is 1. The van der Waals surface area contributed by atoms with Crippen molar-refractivity contribution in [1.82, 2.24) is 0 Å². The van der Waals surface area contributed by atoms with E-state index in [0.29, 0.717) is 28.4 Å². The first-order valence-electron chi connectivity index (χ1n) is 9.95. The number of benzene rings is 3. The highest BCUT2D eigenvalue weighted by atomic mass is 16.6. The van der Waals surface area contributed by atoms with Crippen molar-refractivity contribution < 1.29 is 33.5 Å². The number of hydrogen-bond donors (Lipinski definition) is 0. The molecule has 0 atom stereocenters. The van der Waals surface area contributed by atoms with E-state index in [2.05, 4.69) is 0 Å². The lowest BCUT2D eigenvalue weighted by Gasteiger charge is -2.13. The number of ether oxygens (including phenoxy) is 4. The van der Waals surface area contributed by atoms with Gasteiger partial charge in [-0.05, 0) is 48.0 Å². The summed E-state index contributed by atoms with van der Waals surface area (Å²) in [6, 6.07) is 14.9. The van der Waals surface area contributed by atoms with Crippen LogP contribution in [0.3, 0.4) is 0 Å². The summed E-state index contributed by atoms with van der Waals surface area (Å²) in [5.41, 5.74) is 1.01. The molecule has 0 heterocycles. The third-order valence-corrected chi connectivity index (χ3v) is 4.76. The van der Waals surface area contributed by atoms with Crippen LogP contribution in [0, 0.1) is 10.1 Å². The Bertz CT molecular complexity index is 1220. The summed E-state index contributed by atoms with van der Waals surface area (Å²) in [5, 5.41) is 10.9. The number of allylic oxidation sites excluding steroid dienone is 1. The third kappa shape index (κ3) is 5.57. The van der Waals surface area contributed by atoms with E-state index in [-0.39, 0.29) is 22.8 Å². The van der Waals surface area contributed by atoms with Crippen molar-refractivity contribution in [3.63, 3.8) is 0 Å². The zero-order valence-electron chi connectivity index (χ0n) is 18.6. The summed E-state index contributed by atoms with van der Waals surface area (Å²) in [6.07, 6.45) is 2.81. The molecule has 174 valence electrons. The van der Waals surface area contributed by atoms with Crippen molar-refractivity contribution in [3.8, 4) is 23.0 Å². The first kappa shape index (κ1) is 24.0. The predicted molar refractivity (Wildman–Crippen MR) is 124 cm³/mol. The number of esters is 1. The summed E-state index contributed by atoms with van der Waals surface area (Å²) in [6.45, 7) is 0. The summed E-state index contributed by atoms with van der Waals surface area (Å²) in [7, 11) is 4.34. The maximum atomic E-state index is 12.6. The van der Waals surface area contributed by atoms with Crippen molar-refractivity contribution in [1.29, 1.82) is 0 Å². The Morgan fingerprint density at radius 1 is 0.853 bits per heavy atom. The standard InChI is InChI=1S/C25H21NO8/c1-31-22-14-18(15-23(32-2)24(22)33-3)25(28)34-20-10-8-17(9-11-20)21(27)12-7-16-5-4-6-19(13-16)26(29)30/h4-15H,1-3H3/b12-7+. The third-order valence-electron chi connectivity index (χ3n) is 4.76. The van der Waals surface area contributed by atoms with E-state index in [9.17, 15) is 19.7 Å². The Labute approximate surface area is 195 Å². The van der Waals surface area contributed by atoms with Crippen LogP contribution in [0.4, 0.5) is 5.69 Å². The van der Waals surface area contributed by atoms with Crippen molar-refractivity contribution in [2.75, 3.05) is 21.3 Å². The van der Waals surface area contributed by atoms with Gasteiger partial charge in [-0.2, -0.15) is 0 Å². The molecule has 0 unspecified atom stereocenters. The zero-order valence-corrected chi connectivity index (χ0v) is 18.6. The minimum atomic E-state index is -0.649. The molecule has 0 bridgehead atoms. The second-order valence-electron chi connectivity index (χ2n) is 6.88. The van der Waals surface area contributed by atoms with Crippen molar-refractivity contribution in [2.45, 2.75) is 0 Å². The molecule has 0 aromatic heterocycles. The molecule has 3 rings (SSSR count). The van der Waals surface area contributed by atoms with Crippen molar-refractivity contribution in [3.05, 3.63) is 93.5 Å². The van der Waals surface area contributed by atoms with E-state index in [1.165, 1.54) is 82.0 Å². The number of rotatable bonds is 9. The second kappa shape index (κ2) is 10.8. The number of methoxy groups -OCH3 is 3. The van der Waals surface area contributed by atoms with Crippen LogP contribution in [0.1, 0.15) is 26.3 Å². The molecule has 0 saturated heterocycles. The molecule has 0 fully saturated rings. The number of nitro groups is 1. The van der Waals surface area contributed by atoms with Crippen LogP contribution in [0.25, 0.3) is 6.08 Å². The topological polar surface area (TPSA) is 114 Å². The molecule has 0 radical (unpaired) electrons. The number of non-ortho nitro benzene ring substituents is 1. The fourth-order valence-corrected chi connectivity index (χ4v) is 3.06. The van der Waals surface area contributed by atoms with Gasteiger partial charge in [0.05, 0.1) is 31.8 Å². The van der Waals surface area contributed by atoms with Gasteiger partial charge >= 0.3 is 5.97 Å². The first-order chi connectivity index (χ1) is 16.4. The molecule has 0 N–H and O–H groups in total. The van der Waals surface area contributed by atoms with E-state index in [1.54, 1.807) is 12.1 Å². The predicted octanol–water partition coefficient (Wildman–Crippen LogP) is 4.74. The lowest BCUT2D eigenvalue weighted by Crippen LogP contribution is -2.10. The number of carbonyl (C=O) groups excluding carboxylic acids is 2. The Morgan fingerprint density at radius 3 is 2.06 bits per heavy atom. The van der Waals surface area contributed by atoms with Gasteiger partial charge in [0, 0.05) is 17.7 Å². The van der Waals surface area contributed by atoms with Crippen molar-refractivity contribution in [2.24, 2.45) is 0 Å². The molecule has 0 aliphatic rings. The van der Waals surface area contributed by atoms with Crippen LogP contribution in [0.15, 0.2) is 66.7 Å². The van der Waals surface area contributed by atoms with Crippen LogP contribution in [0.5, 0.6) is 23.0 Å². The van der Waals surface area contributed by atoms with Crippen LogP contribution < -0.4 is 18.9 Å². The van der Waals surface area contributed by atoms with Crippen LogP contribution >= 0.6 is 0 Å². The normalized spacial score (nSPS) is 10.6. The molecule has 0 saturated carbocycles. The molecule has 3 aromatic carbocycles. The minimum absolute atomic E-state index is 0.0622. The lowest BCUT2D eigenvalue weighted by molar-refractivity contribution is -0.384. The van der Waals surface area contributed by atoms with E-state index in [0.717, 1.165) is 0 Å². The fraction of sp³-hybridized carbons (Fsp3) is 0.120. The molecule has 3 aromatic rings. The highest BCUT2D eigenvalue weighted by Gasteiger charge is 2.18. The highest BCUT2D eigenvalue weighted by Crippen LogP contribution is 2.38. The molecule has 0 aliphatic carbocycles. The Balaban J connectivity index is 1.71. The summed E-state index contributed by atoms with van der Waals surface area (Å²) >= 11 is 0. The SMILES string of the molecule is COc1cc(C(=O)Oc2ccc(C(=O)/C=C/c3cccc([N+](=O)[O-])c3)cc2)cc(OC)c1OC. The average molecular weight is 463 g/mol. The van der Waals surface area contributed by atoms with Gasteiger partial charge in [-0.15, -0.1) is 0 Å². The summed E-state index contributed by atoms with van der Waals surface area (Å²) in [5.74, 6) is 0.244. The van der Waals surface area contributed by atoms with Gasteiger partial charge in [-0.1, -0.05) is 18.2 Å². The maximum Gasteiger partial charge on any atom is 0.343 e. The molecule has 0 amide bonds. The van der Waals surface area contributed by atoms with Gasteiger partial charge in [0.2, 0.25) is 5.75 Å². The molecular formula is C25H21NO8. The average Bonchev–Trinajstić information content (AvgIpc) is 2.86. The number of carbonyl (C=O) groups is 2. The van der Waals surface area contributed by atoms with Gasteiger partial charge in [-0.25, -0.2) is 4.79 Å². The van der Waals surface area contributed by atoms with Gasteiger partial charge in [-0.3, -0.25) is 14.9 Å². The second-order valence-corrected chi connectivity index (χ2v) is 6.88. The maximum absolute atomic E-state index is 12.6. The minimum Gasteiger partial charge on any atom is -0.493 e. The Hall–Kier alpha value is -4.66. The van der Waals surface area contributed by atoms with Crippen LogP contribution in [-0.4, -0.2) is 38.0 Å².